The molecule has 0 spiro atoms. The molecule has 8 nitrogen and oxygen atoms in total. The summed E-state index contributed by atoms with van der Waals surface area (Å²) in [6.07, 6.45) is 1.71. The Morgan fingerprint density at radius 2 is 1.83 bits per heavy atom. The summed E-state index contributed by atoms with van der Waals surface area (Å²) in [5, 5.41) is 13.9. The van der Waals surface area contributed by atoms with Crippen LogP contribution in [0.5, 0.6) is 5.75 Å². The molecule has 0 radical (unpaired) electrons. The summed E-state index contributed by atoms with van der Waals surface area (Å²) in [4.78, 5) is 12.5. The number of nitrogens with zero attached hydrogens (tertiary/aromatic N) is 2. The molecule has 2 heterocycles. The Morgan fingerprint density at radius 1 is 1.10 bits per heavy atom. The summed E-state index contributed by atoms with van der Waals surface area (Å²) < 4.78 is 37.8. The third kappa shape index (κ3) is 5.62. The number of amides is 1. The van der Waals surface area contributed by atoms with E-state index in [0.717, 1.165) is 41.4 Å². The van der Waals surface area contributed by atoms with Gasteiger partial charge in [-0.05, 0) is 79.8 Å². The molecule has 1 aliphatic heterocycles. The lowest BCUT2D eigenvalue weighted by atomic mass is 9.92. The largest absolute Gasteiger partial charge is 0.488 e. The van der Waals surface area contributed by atoms with Crippen molar-refractivity contribution >= 4 is 22.7 Å². The average Bonchev–Trinajstić information content (AvgIpc) is 3.58. The minimum Gasteiger partial charge on any atom is -0.488 e. The molecule has 4 aromatic rings. The highest BCUT2D eigenvalue weighted by molar-refractivity contribution is 5.96. The van der Waals surface area contributed by atoms with E-state index in [-0.39, 0.29) is 18.7 Å². The molecule has 9 heteroatoms. The van der Waals surface area contributed by atoms with Gasteiger partial charge in [0.05, 0.1) is 30.0 Å². The number of nitrogens with one attached hydrogen (secondary N) is 1. The third-order valence-electron chi connectivity index (χ3n) is 7.63. The number of fused-ring (bicyclic) bond motifs is 1. The molecule has 1 N–H and O–H groups in total. The number of hydrogen-bond acceptors (Lipinski definition) is 6. The van der Waals surface area contributed by atoms with Crippen molar-refractivity contribution in [2.24, 2.45) is 0 Å². The number of halogens is 1. The average molecular weight is 556 g/mol. The highest BCUT2D eigenvalue weighted by Gasteiger charge is 2.28. The van der Waals surface area contributed by atoms with E-state index in [2.05, 4.69) is 16.0 Å². The SMILES string of the molecule is C[C@@H](OC(=O)Nc1ccc(-c2c(C#N)c3cc(OCC4OCCO4)ccc3n2C2CCC2)cc1)c1ccc(F)cc1. The van der Waals surface area contributed by atoms with Crippen molar-refractivity contribution in [2.75, 3.05) is 25.1 Å². The quantitative estimate of drug-likeness (QED) is 0.249. The summed E-state index contributed by atoms with van der Waals surface area (Å²) in [5.74, 6) is 0.304. The number of ether oxygens (including phenoxy) is 4. The number of carbonyl (C=O) groups excluding carboxylic acids is 1. The molecule has 210 valence electrons. The molecule has 6 rings (SSSR count). The Bertz CT molecular complexity index is 1580. The molecule has 0 unspecified atom stereocenters. The molecular weight excluding hydrogens is 525 g/mol. The maximum Gasteiger partial charge on any atom is 0.412 e. The van der Waals surface area contributed by atoms with Gasteiger partial charge in [-0.2, -0.15) is 5.26 Å². The van der Waals surface area contributed by atoms with Crippen molar-refractivity contribution < 1.29 is 28.1 Å². The first-order valence-electron chi connectivity index (χ1n) is 13.8. The Balaban J connectivity index is 1.24. The van der Waals surface area contributed by atoms with Crippen molar-refractivity contribution in [2.45, 2.75) is 44.6 Å². The minimum absolute atomic E-state index is 0.281. The Morgan fingerprint density at radius 3 is 2.49 bits per heavy atom. The van der Waals surface area contributed by atoms with Gasteiger partial charge in [0.25, 0.3) is 0 Å². The molecule has 3 aromatic carbocycles. The van der Waals surface area contributed by atoms with Gasteiger partial charge in [0.2, 0.25) is 0 Å². The van der Waals surface area contributed by atoms with Crippen molar-refractivity contribution in [3.63, 3.8) is 0 Å². The van der Waals surface area contributed by atoms with Crippen LogP contribution in [0.1, 0.15) is 49.5 Å². The summed E-state index contributed by atoms with van der Waals surface area (Å²) in [7, 11) is 0. The van der Waals surface area contributed by atoms with E-state index < -0.39 is 12.2 Å². The zero-order valence-corrected chi connectivity index (χ0v) is 22.6. The first-order valence-corrected chi connectivity index (χ1v) is 13.8. The topological polar surface area (TPSA) is 94.7 Å². The number of nitriles is 1. The van der Waals surface area contributed by atoms with E-state index in [1.165, 1.54) is 12.1 Å². The number of carbonyl (C=O) groups is 1. The monoisotopic (exact) mass is 555 g/mol. The van der Waals surface area contributed by atoms with E-state index >= 15 is 0 Å². The van der Waals surface area contributed by atoms with Gasteiger partial charge in [-0.25, -0.2) is 9.18 Å². The fourth-order valence-corrected chi connectivity index (χ4v) is 5.29. The fourth-order valence-electron chi connectivity index (χ4n) is 5.29. The fraction of sp³-hybridized carbons (Fsp3) is 0.312. The van der Waals surface area contributed by atoms with Gasteiger partial charge in [0.1, 0.15) is 30.3 Å². The molecule has 1 atom stereocenters. The van der Waals surface area contributed by atoms with Crippen LogP contribution in [0.3, 0.4) is 0 Å². The highest BCUT2D eigenvalue weighted by Crippen LogP contribution is 2.43. The molecule has 1 aliphatic carbocycles. The zero-order chi connectivity index (χ0) is 28.3. The van der Waals surface area contributed by atoms with Crippen LogP contribution in [0, 0.1) is 17.1 Å². The summed E-state index contributed by atoms with van der Waals surface area (Å²) in [6, 6.07) is 21.8. The van der Waals surface area contributed by atoms with Crippen LogP contribution in [0.25, 0.3) is 22.2 Å². The predicted molar refractivity (Wildman–Crippen MR) is 151 cm³/mol. The van der Waals surface area contributed by atoms with Crippen LogP contribution in [0.4, 0.5) is 14.9 Å². The van der Waals surface area contributed by atoms with Crippen LogP contribution in [-0.2, 0) is 14.2 Å². The third-order valence-corrected chi connectivity index (χ3v) is 7.63. The van der Waals surface area contributed by atoms with Crippen LogP contribution >= 0.6 is 0 Å². The number of aromatic nitrogens is 1. The van der Waals surface area contributed by atoms with Gasteiger partial charge in [0.15, 0.2) is 6.29 Å². The maximum atomic E-state index is 13.2. The lowest BCUT2D eigenvalue weighted by molar-refractivity contribution is -0.0683. The molecular formula is C32H30FN3O5. The van der Waals surface area contributed by atoms with Gasteiger partial charge in [-0.3, -0.25) is 5.32 Å². The van der Waals surface area contributed by atoms with Gasteiger partial charge in [0, 0.05) is 17.1 Å². The Kier molecular flexibility index (Phi) is 7.59. The van der Waals surface area contributed by atoms with Crippen molar-refractivity contribution in [3.8, 4) is 23.1 Å². The summed E-state index contributed by atoms with van der Waals surface area (Å²) in [5.41, 5.74) is 4.55. The molecule has 41 heavy (non-hydrogen) atoms. The van der Waals surface area contributed by atoms with Gasteiger partial charge >= 0.3 is 6.09 Å². The normalized spacial score (nSPS) is 16.2. The van der Waals surface area contributed by atoms with E-state index in [0.29, 0.717) is 41.8 Å². The number of anilines is 1. The van der Waals surface area contributed by atoms with Gasteiger partial charge in [-0.1, -0.05) is 24.3 Å². The second kappa shape index (κ2) is 11.6. The zero-order valence-electron chi connectivity index (χ0n) is 22.6. The van der Waals surface area contributed by atoms with Crippen LogP contribution in [0.15, 0.2) is 66.7 Å². The molecule has 1 saturated carbocycles. The molecule has 0 bridgehead atoms. The Labute approximate surface area is 237 Å². The predicted octanol–water partition coefficient (Wildman–Crippen LogP) is 7.11. The number of benzene rings is 3. The second-order valence-electron chi connectivity index (χ2n) is 10.3. The molecule has 1 amide bonds. The molecule has 2 fully saturated rings. The van der Waals surface area contributed by atoms with Crippen molar-refractivity contribution in [1.82, 2.24) is 4.57 Å². The first kappa shape index (κ1) is 26.8. The van der Waals surface area contributed by atoms with Crippen LogP contribution in [0.2, 0.25) is 0 Å². The van der Waals surface area contributed by atoms with Gasteiger partial charge < -0.3 is 23.5 Å². The lowest BCUT2D eigenvalue weighted by Gasteiger charge is -2.30. The van der Waals surface area contributed by atoms with E-state index in [1.54, 1.807) is 31.2 Å². The van der Waals surface area contributed by atoms with Gasteiger partial charge in [-0.15, -0.1) is 0 Å². The maximum absolute atomic E-state index is 13.2. The van der Waals surface area contributed by atoms with Crippen LogP contribution in [-0.4, -0.2) is 36.8 Å². The Hall–Kier alpha value is -4.39. The summed E-state index contributed by atoms with van der Waals surface area (Å²) >= 11 is 0. The number of hydrogen-bond donors (Lipinski definition) is 1. The molecule has 1 saturated heterocycles. The summed E-state index contributed by atoms with van der Waals surface area (Å²) in [6.45, 7) is 3.13. The highest BCUT2D eigenvalue weighted by atomic mass is 19.1. The smallest absolute Gasteiger partial charge is 0.412 e. The standard InChI is InChI=1S/C32H30FN3O5/c1-20(21-5-9-23(33)10-6-21)41-32(37)35-24-11-7-22(8-12-24)31-28(18-34)27-17-26(40-19-30-38-15-16-39-30)13-14-29(27)36(31)25-3-2-4-25/h5-14,17,20,25,30H,2-4,15-16,19H2,1H3,(H,35,37)/t20-/m1/s1. The van der Waals surface area contributed by atoms with E-state index in [1.807, 2.05) is 30.3 Å². The lowest BCUT2D eigenvalue weighted by Crippen LogP contribution is -2.18. The first-order chi connectivity index (χ1) is 20.0. The van der Waals surface area contributed by atoms with Crippen molar-refractivity contribution in [1.29, 1.82) is 5.26 Å². The van der Waals surface area contributed by atoms with Crippen LogP contribution < -0.4 is 10.1 Å². The second-order valence-corrected chi connectivity index (χ2v) is 10.3. The molecule has 1 aromatic heterocycles. The van der Waals surface area contributed by atoms with E-state index in [4.69, 9.17) is 18.9 Å². The minimum atomic E-state index is -0.614. The van der Waals surface area contributed by atoms with E-state index in [9.17, 15) is 14.4 Å². The number of rotatable bonds is 8. The molecule has 2 aliphatic rings. The van der Waals surface area contributed by atoms with Crippen molar-refractivity contribution in [3.05, 3.63) is 83.7 Å².